The molecule has 0 radical (unpaired) electrons. The van der Waals surface area contributed by atoms with Gasteiger partial charge in [0.15, 0.2) is 5.60 Å². The fraction of sp³-hybridized carbons (Fsp3) is 0.720. The summed E-state index contributed by atoms with van der Waals surface area (Å²) in [6.07, 6.45) is 18.4. The van der Waals surface area contributed by atoms with Crippen LogP contribution < -0.4 is 0 Å². The average Bonchev–Trinajstić information content (AvgIpc) is 2.73. The molecule has 1 atom stereocenters. The molecule has 28 heavy (non-hydrogen) atoms. The molecule has 3 nitrogen and oxygen atoms in total. The van der Waals surface area contributed by atoms with E-state index in [0.717, 1.165) is 12.8 Å². The average molecular weight is 391 g/mol. The molecule has 0 saturated carbocycles. The van der Waals surface area contributed by atoms with Crippen molar-refractivity contribution in [1.29, 1.82) is 0 Å². The third kappa shape index (κ3) is 9.73. The molecule has 0 aromatic heterocycles. The molecule has 0 aliphatic carbocycles. The van der Waals surface area contributed by atoms with E-state index in [0.29, 0.717) is 12.0 Å². The van der Waals surface area contributed by atoms with Crippen LogP contribution in [0.15, 0.2) is 30.3 Å². The van der Waals surface area contributed by atoms with E-state index in [1.54, 1.807) is 12.1 Å². The number of aliphatic hydroxyl groups is 1. The number of methoxy groups -OCH3 is 1. The first-order valence-corrected chi connectivity index (χ1v) is 11.5. The highest BCUT2D eigenvalue weighted by molar-refractivity contribution is 5.80. The van der Waals surface area contributed by atoms with Gasteiger partial charge in [-0.1, -0.05) is 121 Å². The van der Waals surface area contributed by atoms with Crippen LogP contribution in [0.5, 0.6) is 0 Å². The Hall–Kier alpha value is -1.35. The minimum atomic E-state index is -1.52. The lowest BCUT2D eigenvalue weighted by Gasteiger charge is -2.25. The zero-order valence-electron chi connectivity index (χ0n) is 18.3. The van der Waals surface area contributed by atoms with Gasteiger partial charge in [0.1, 0.15) is 0 Å². The van der Waals surface area contributed by atoms with Crippen LogP contribution in [-0.2, 0) is 15.1 Å². The van der Waals surface area contributed by atoms with E-state index < -0.39 is 11.6 Å². The molecule has 1 N–H and O–H groups in total. The van der Waals surface area contributed by atoms with Crippen molar-refractivity contribution >= 4 is 5.97 Å². The van der Waals surface area contributed by atoms with E-state index in [1.807, 2.05) is 18.2 Å². The van der Waals surface area contributed by atoms with Crippen LogP contribution in [-0.4, -0.2) is 18.2 Å². The Morgan fingerprint density at radius 3 is 1.64 bits per heavy atom. The molecule has 1 rings (SSSR count). The molecular formula is C25H42O3. The molecule has 0 fully saturated rings. The van der Waals surface area contributed by atoms with E-state index in [4.69, 9.17) is 4.74 Å². The first-order chi connectivity index (χ1) is 13.6. The summed E-state index contributed by atoms with van der Waals surface area (Å²) in [6.45, 7) is 2.27. The Balaban J connectivity index is 2.08. The van der Waals surface area contributed by atoms with Crippen LogP contribution in [0, 0.1) is 0 Å². The monoisotopic (exact) mass is 390 g/mol. The topological polar surface area (TPSA) is 46.5 Å². The maximum Gasteiger partial charge on any atom is 0.342 e. The van der Waals surface area contributed by atoms with Gasteiger partial charge in [-0.2, -0.15) is 0 Å². The Morgan fingerprint density at radius 1 is 0.786 bits per heavy atom. The summed E-state index contributed by atoms with van der Waals surface area (Å²) in [4.78, 5) is 12.1. The normalized spacial score (nSPS) is 13.2. The molecule has 3 heteroatoms. The number of hydrogen-bond acceptors (Lipinski definition) is 3. The van der Waals surface area contributed by atoms with Crippen LogP contribution in [0.4, 0.5) is 0 Å². The van der Waals surface area contributed by atoms with Crippen molar-refractivity contribution in [2.24, 2.45) is 0 Å². The van der Waals surface area contributed by atoms with Crippen LogP contribution in [0.25, 0.3) is 0 Å². The minimum absolute atomic E-state index is 0.418. The fourth-order valence-electron chi connectivity index (χ4n) is 3.82. The van der Waals surface area contributed by atoms with Crippen molar-refractivity contribution in [1.82, 2.24) is 0 Å². The zero-order valence-corrected chi connectivity index (χ0v) is 18.3. The van der Waals surface area contributed by atoms with Crippen LogP contribution >= 0.6 is 0 Å². The molecule has 160 valence electrons. The highest BCUT2D eigenvalue weighted by Gasteiger charge is 2.38. The molecule has 0 aliphatic heterocycles. The van der Waals surface area contributed by atoms with Gasteiger partial charge >= 0.3 is 5.97 Å². The third-order valence-electron chi connectivity index (χ3n) is 5.67. The van der Waals surface area contributed by atoms with E-state index in [9.17, 15) is 9.90 Å². The number of unbranched alkanes of at least 4 members (excludes halogenated alkanes) is 13. The van der Waals surface area contributed by atoms with Crippen molar-refractivity contribution in [3.8, 4) is 0 Å². The van der Waals surface area contributed by atoms with Crippen LogP contribution in [0.2, 0.25) is 0 Å². The summed E-state index contributed by atoms with van der Waals surface area (Å²) in [5.74, 6) is -0.562. The van der Waals surface area contributed by atoms with Gasteiger partial charge in [-0.15, -0.1) is 0 Å². The van der Waals surface area contributed by atoms with Gasteiger partial charge < -0.3 is 9.84 Å². The predicted molar refractivity (Wildman–Crippen MR) is 117 cm³/mol. The smallest absolute Gasteiger partial charge is 0.342 e. The first-order valence-electron chi connectivity index (χ1n) is 11.5. The molecular weight excluding hydrogens is 348 g/mol. The lowest BCUT2D eigenvalue weighted by molar-refractivity contribution is -0.164. The second-order valence-corrected chi connectivity index (χ2v) is 8.06. The van der Waals surface area contributed by atoms with Crippen molar-refractivity contribution in [2.45, 2.75) is 109 Å². The Morgan fingerprint density at radius 2 is 1.21 bits per heavy atom. The molecule has 1 unspecified atom stereocenters. The molecule has 0 saturated heterocycles. The maximum atomic E-state index is 12.1. The lowest BCUT2D eigenvalue weighted by atomic mass is 9.88. The highest BCUT2D eigenvalue weighted by atomic mass is 16.5. The van der Waals surface area contributed by atoms with E-state index in [1.165, 1.54) is 84.2 Å². The lowest BCUT2D eigenvalue weighted by Crippen LogP contribution is -2.36. The van der Waals surface area contributed by atoms with E-state index in [-0.39, 0.29) is 0 Å². The second kappa shape index (κ2) is 15.6. The summed E-state index contributed by atoms with van der Waals surface area (Å²) in [5, 5.41) is 10.9. The van der Waals surface area contributed by atoms with E-state index >= 15 is 0 Å². The van der Waals surface area contributed by atoms with Gasteiger partial charge in [0.2, 0.25) is 0 Å². The van der Waals surface area contributed by atoms with Gasteiger partial charge in [-0.3, -0.25) is 0 Å². The molecule has 0 aliphatic rings. The number of carbonyl (C=O) groups is 1. The van der Waals surface area contributed by atoms with Gasteiger partial charge in [-0.25, -0.2) is 4.79 Å². The molecule has 0 amide bonds. The van der Waals surface area contributed by atoms with Gasteiger partial charge in [0.05, 0.1) is 7.11 Å². The first kappa shape index (κ1) is 24.7. The number of carbonyl (C=O) groups excluding carboxylic acids is 1. The number of ether oxygens (including phenoxy) is 1. The van der Waals surface area contributed by atoms with Crippen LogP contribution in [0.1, 0.15) is 109 Å². The van der Waals surface area contributed by atoms with Gasteiger partial charge in [0.25, 0.3) is 0 Å². The number of esters is 1. The molecule has 0 bridgehead atoms. The summed E-state index contributed by atoms with van der Waals surface area (Å²) in [6, 6.07) is 9.15. The van der Waals surface area contributed by atoms with Crippen molar-refractivity contribution < 1.29 is 14.6 Å². The summed E-state index contributed by atoms with van der Waals surface area (Å²) in [5.41, 5.74) is -0.899. The van der Waals surface area contributed by atoms with Crippen LogP contribution in [0.3, 0.4) is 0 Å². The van der Waals surface area contributed by atoms with Crippen molar-refractivity contribution in [2.75, 3.05) is 7.11 Å². The quantitative estimate of drug-likeness (QED) is 0.232. The fourth-order valence-corrected chi connectivity index (χ4v) is 3.82. The van der Waals surface area contributed by atoms with Gasteiger partial charge in [0, 0.05) is 0 Å². The number of benzene rings is 1. The van der Waals surface area contributed by atoms with Gasteiger partial charge in [-0.05, 0) is 18.4 Å². The Bertz CT molecular complexity index is 500. The number of hydrogen-bond donors (Lipinski definition) is 1. The third-order valence-corrected chi connectivity index (χ3v) is 5.67. The molecule has 1 aromatic rings. The largest absolute Gasteiger partial charge is 0.467 e. The SMILES string of the molecule is CCCCCCCCCCCCCCCCC(O)(C(=O)OC)c1ccccc1. The number of rotatable bonds is 17. The summed E-state index contributed by atoms with van der Waals surface area (Å²) >= 11 is 0. The zero-order chi connectivity index (χ0) is 20.5. The Kier molecular flexibility index (Phi) is 13.7. The minimum Gasteiger partial charge on any atom is -0.467 e. The van der Waals surface area contributed by atoms with E-state index in [2.05, 4.69) is 6.92 Å². The molecule has 0 spiro atoms. The maximum absolute atomic E-state index is 12.1. The Labute approximate surface area is 172 Å². The van der Waals surface area contributed by atoms with Crippen molar-refractivity contribution in [3.63, 3.8) is 0 Å². The second-order valence-electron chi connectivity index (χ2n) is 8.06. The molecule has 1 aromatic carbocycles. The summed E-state index contributed by atoms with van der Waals surface area (Å²) < 4.78 is 4.85. The summed E-state index contributed by atoms with van der Waals surface area (Å²) in [7, 11) is 1.33. The standard InChI is InChI=1S/C25H42O3/c1-3-4-5-6-7-8-9-10-11-12-13-14-15-19-22-25(27,24(26)28-2)23-20-17-16-18-21-23/h16-18,20-21,27H,3-15,19,22H2,1-2H3. The molecule has 0 heterocycles. The van der Waals surface area contributed by atoms with Crippen molar-refractivity contribution in [3.05, 3.63) is 35.9 Å². The predicted octanol–water partition coefficient (Wildman–Crippen LogP) is 6.92. The highest BCUT2D eigenvalue weighted by Crippen LogP contribution is 2.29.